The molecule has 0 atom stereocenters. The summed E-state index contributed by atoms with van der Waals surface area (Å²) >= 11 is 7.10. The standard InChI is InChI=1S/C28H59ClN/c1-6-9-12-15-18-21-24-27-28(30(4,5)29,25-22-19-16-13-10-7-2)26-23-20-17-14-11-8-3/h6-27H2,1-5H3/q+1. The first-order valence-electron chi connectivity index (χ1n) is 14.0. The predicted molar refractivity (Wildman–Crippen MR) is 139 cm³/mol. The minimum atomic E-state index is 0.278. The molecule has 0 N–H and O–H groups in total. The van der Waals surface area contributed by atoms with Crippen LogP contribution in [-0.2, 0) is 0 Å². The maximum atomic E-state index is 7.10. The van der Waals surface area contributed by atoms with Crippen LogP contribution in [0.1, 0.15) is 162 Å². The van der Waals surface area contributed by atoms with E-state index in [0.717, 1.165) is 0 Å². The van der Waals surface area contributed by atoms with E-state index in [0.29, 0.717) is 4.00 Å². The zero-order valence-electron chi connectivity index (χ0n) is 21.9. The molecule has 0 heterocycles. The molecule has 0 rings (SSSR count). The van der Waals surface area contributed by atoms with Crippen molar-refractivity contribution in [2.45, 2.75) is 168 Å². The summed E-state index contributed by atoms with van der Waals surface area (Å²) in [7, 11) is 4.52. The second-order valence-electron chi connectivity index (χ2n) is 10.4. The molecule has 1 nitrogen and oxygen atoms in total. The van der Waals surface area contributed by atoms with Crippen LogP contribution in [0.4, 0.5) is 0 Å². The van der Waals surface area contributed by atoms with Crippen LogP contribution in [0.5, 0.6) is 0 Å². The van der Waals surface area contributed by atoms with E-state index in [4.69, 9.17) is 11.8 Å². The van der Waals surface area contributed by atoms with E-state index in [1.165, 1.54) is 141 Å². The molecular formula is C28H59ClN+. The largest absolute Gasteiger partial charge is 0.222 e. The van der Waals surface area contributed by atoms with Gasteiger partial charge in [-0.1, -0.05) is 124 Å². The summed E-state index contributed by atoms with van der Waals surface area (Å²) in [6.07, 6.45) is 30.4. The molecule has 0 aliphatic rings. The van der Waals surface area contributed by atoms with Crippen LogP contribution in [0.3, 0.4) is 0 Å². The van der Waals surface area contributed by atoms with Gasteiger partial charge < -0.3 is 0 Å². The first-order valence-corrected chi connectivity index (χ1v) is 14.3. The summed E-state index contributed by atoms with van der Waals surface area (Å²) in [5.74, 6) is 0. The van der Waals surface area contributed by atoms with Crippen molar-refractivity contribution in [3.8, 4) is 0 Å². The molecule has 0 aliphatic heterocycles. The Morgan fingerprint density at radius 2 is 0.667 bits per heavy atom. The Morgan fingerprint density at radius 1 is 0.433 bits per heavy atom. The molecule has 0 spiro atoms. The summed E-state index contributed by atoms with van der Waals surface area (Å²) in [4.78, 5) is 0. The first kappa shape index (κ1) is 30.2. The topological polar surface area (TPSA) is 0 Å². The fraction of sp³-hybridized carbons (Fsp3) is 1.00. The van der Waals surface area contributed by atoms with Gasteiger partial charge in [0.05, 0.1) is 14.1 Å². The lowest BCUT2D eigenvalue weighted by molar-refractivity contribution is -0.835. The molecule has 0 bridgehead atoms. The fourth-order valence-electron chi connectivity index (χ4n) is 5.05. The van der Waals surface area contributed by atoms with E-state index in [1.807, 2.05) is 0 Å². The van der Waals surface area contributed by atoms with Gasteiger partial charge in [-0.3, -0.25) is 0 Å². The number of rotatable bonds is 23. The Bertz CT molecular complexity index is 331. The Hall–Kier alpha value is 0.250. The Kier molecular flexibility index (Phi) is 20.1. The van der Waals surface area contributed by atoms with Gasteiger partial charge in [-0.2, -0.15) is 0 Å². The molecule has 0 amide bonds. The van der Waals surface area contributed by atoms with Gasteiger partial charge in [0.25, 0.3) is 0 Å². The summed E-state index contributed by atoms with van der Waals surface area (Å²) in [5, 5.41) is 0. The van der Waals surface area contributed by atoms with E-state index in [2.05, 4.69) is 34.9 Å². The first-order chi connectivity index (χ1) is 14.4. The highest BCUT2D eigenvalue weighted by atomic mass is 35.5. The molecule has 0 unspecified atom stereocenters. The Labute approximate surface area is 197 Å². The number of quaternary nitrogens is 1. The molecule has 2 heteroatoms. The van der Waals surface area contributed by atoms with Crippen LogP contribution in [0.25, 0.3) is 0 Å². The number of hydrogen-bond donors (Lipinski definition) is 0. The number of hydrogen-bond acceptors (Lipinski definition) is 0. The molecule has 0 aromatic rings. The average molecular weight is 445 g/mol. The second kappa shape index (κ2) is 19.9. The van der Waals surface area contributed by atoms with E-state index in [1.54, 1.807) is 0 Å². The van der Waals surface area contributed by atoms with Crippen molar-refractivity contribution in [3.63, 3.8) is 0 Å². The van der Waals surface area contributed by atoms with Gasteiger partial charge in [-0.25, -0.2) is 4.00 Å². The van der Waals surface area contributed by atoms with Crippen LogP contribution in [0, 0.1) is 0 Å². The van der Waals surface area contributed by atoms with Gasteiger partial charge in [-0.15, -0.1) is 0 Å². The van der Waals surface area contributed by atoms with Gasteiger partial charge in [0, 0.05) is 19.3 Å². The molecule has 0 aromatic carbocycles. The lowest BCUT2D eigenvalue weighted by Gasteiger charge is -2.43. The molecule has 0 aromatic heterocycles. The molecule has 30 heavy (non-hydrogen) atoms. The highest BCUT2D eigenvalue weighted by Gasteiger charge is 2.43. The van der Waals surface area contributed by atoms with Crippen molar-refractivity contribution in [1.82, 2.24) is 0 Å². The quantitative estimate of drug-likeness (QED) is 0.108. The van der Waals surface area contributed by atoms with Gasteiger partial charge in [-0.05, 0) is 19.3 Å². The van der Waals surface area contributed by atoms with Gasteiger partial charge in [0.2, 0.25) is 0 Å². The van der Waals surface area contributed by atoms with Crippen molar-refractivity contribution in [3.05, 3.63) is 0 Å². The molecule has 0 saturated carbocycles. The van der Waals surface area contributed by atoms with Gasteiger partial charge in [0.15, 0.2) is 11.8 Å². The van der Waals surface area contributed by atoms with E-state index in [9.17, 15) is 0 Å². The van der Waals surface area contributed by atoms with E-state index >= 15 is 0 Å². The van der Waals surface area contributed by atoms with Crippen LogP contribution in [-0.4, -0.2) is 23.6 Å². The van der Waals surface area contributed by atoms with Crippen molar-refractivity contribution in [2.75, 3.05) is 14.1 Å². The normalized spacial score (nSPS) is 12.6. The van der Waals surface area contributed by atoms with Crippen molar-refractivity contribution >= 4 is 11.8 Å². The molecule has 0 saturated heterocycles. The SMILES string of the molecule is CCCCCCCCCC(CCCCCCCC)(CCCCCCCC)[N+](C)(C)Cl. The summed E-state index contributed by atoms with van der Waals surface area (Å²) in [6, 6.07) is 0. The Morgan fingerprint density at radius 3 is 0.900 bits per heavy atom. The van der Waals surface area contributed by atoms with Gasteiger partial charge in [0.1, 0.15) is 5.54 Å². The monoisotopic (exact) mass is 444 g/mol. The smallest absolute Gasteiger partial charge is 0.165 e. The van der Waals surface area contributed by atoms with E-state index < -0.39 is 0 Å². The zero-order chi connectivity index (χ0) is 22.6. The third-order valence-corrected chi connectivity index (χ3v) is 7.72. The number of halogens is 1. The Balaban J connectivity index is 4.65. The summed E-state index contributed by atoms with van der Waals surface area (Å²) in [6.45, 7) is 6.92. The minimum absolute atomic E-state index is 0.278. The number of unbranched alkanes of at least 4 members (excludes halogenated alkanes) is 16. The van der Waals surface area contributed by atoms with Gasteiger partial charge >= 0.3 is 0 Å². The van der Waals surface area contributed by atoms with Crippen LogP contribution < -0.4 is 0 Å². The number of nitrogens with zero attached hydrogens (tertiary/aromatic N) is 1. The van der Waals surface area contributed by atoms with Crippen LogP contribution in [0.2, 0.25) is 0 Å². The zero-order valence-corrected chi connectivity index (χ0v) is 22.6. The van der Waals surface area contributed by atoms with Crippen LogP contribution >= 0.6 is 11.8 Å². The van der Waals surface area contributed by atoms with Crippen LogP contribution in [0.15, 0.2) is 0 Å². The molecule has 0 aliphatic carbocycles. The predicted octanol–water partition coefficient (Wildman–Crippen LogP) is 10.6. The molecule has 0 radical (unpaired) electrons. The highest BCUT2D eigenvalue weighted by Crippen LogP contribution is 2.39. The minimum Gasteiger partial charge on any atom is -0.222 e. The van der Waals surface area contributed by atoms with Crippen molar-refractivity contribution in [2.24, 2.45) is 0 Å². The van der Waals surface area contributed by atoms with Crippen molar-refractivity contribution < 1.29 is 4.00 Å². The third-order valence-electron chi connectivity index (χ3n) is 7.37. The maximum Gasteiger partial charge on any atom is 0.165 e. The summed E-state index contributed by atoms with van der Waals surface area (Å²) < 4.78 is 0.646. The second-order valence-corrected chi connectivity index (χ2v) is 11.3. The lowest BCUT2D eigenvalue weighted by Crippen LogP contribution is -2.53. The maximum absolute atomic E-state index is 7.10. The average Bonchev–Trinajstić information content (AvgIpc) is 2.71. The molecule has 0 fully saturated rings. The lowest BCUT2D eigenvalue weighted by atomic mass is 9.80. The molecule has 182 valence electrons. The highest BCUT2D eigenvalue weighted by molar-refractivity contribution is 6.06. The molecular weight excluding hydrogens is 386 g/mol. The van der Waals surface area contributed by atoms with E-state index in [-0.39, 0.29) is 5.54 Å². The third kappa shape index (κ3) is 15.1. The summed E-state index contributed by atoms with van der Waals surface area (Å²) in [5.41, 5.74) is 0.278. The van der Waals surface area contributed by atoms with Crippen molar-refractivity contribution in [1.29, 1.82) is 0 Å². The fourth-order valence-corrected chi connectivity index (χ4v) is 5.31.